The maximum Gasteiger partial charge on any atom is 0.259 e. The van der Waals surface area contributed by atoms with Crippen LogP contribution in [0.2, 0.25) is 0 Å². The number of anilines is 1. The van der Waals surface area contributed by atoms with Crippen molar-refractivity contribution < 1.29 is 4.79 Å². The smallest absolute Gasteiger partial charge is 0.259 e. The van der Waals surface area contributed by atoms with Crippen molar-refractivity contribution in [1.29, 1.82) is 0 Å². The van der Waals surface area contributed by atoms with Crippen LogP contribution in [0.15, 0.2) is 54.9 Å². The molecule has 0 saturated heterocycles. The zero-order valence-electron chi connectivity index (χ0n) is 10.9. The zero-order valence-corrected chi connectivity index (χ0v) is 11.7. The highest BCUT2D eigenvalue weighted by Crippen LogP contribution is 2.17. The van der Waals surface area contributed by atoms with Crippen LogP contribution in [-0.2, 0) is 0 Å². The molecule has 2 N–H and O–H groups in total. The number of nitrogens with zero attached hydrogens (tertiary/aromatic N) is 2. The lowest BCUT2D eigenvalue weighted by molar-refractivity contribution is 0.0987. The van der Waals surface area contributed by atoms with Crippen LogP contribution in [0.25, 0.3) is 0 Å². The molecule has 2 rings (SSSR count). The number of pyridine rings is 1. The van der Waals surface area contributed by atoms with E-state index in [4.69, 9.17) is 18.0 Å². The normalized spacial score (nSPS) is 10.0. The van der Waals surface area contributed by atoms with E-state index in [1.54, 1.807) is 29.4 Å². The second kappa shape index (κ2) is 6.77. The van der Waals surface area contributed by atoms with Crippen molar-refractivity contribution in [2.75, 3.05) is 11.4 Å². The summed E-state index contributed by atoms with van der Waals surface area (Å²) in [6, 6.07) is 12.9. The highest BCUT2D eigenvalue weighted by Gasteiger charge is 2.17. The molecule has 0 fully saturated rings. The molecule has 1 heterocycles. The lowest BCUT2D eigenvalue weighted by atomic mass is 10.2. The van der Waals surface area contributed by atoms with E-state index in [0.717, 1.165) is 5.69 Å². The first-order valence-electron chi connectivity index (χ1n) is 6.24. The summed E-state index contributed by atoms with van der Waals surface area (Å²) < 4.78 is 0. The van der Waals surface area contributed by atoms with E-state index < -0.39 is 0 Å². The molecule has 0 atom stereocenters. The quantitative estimate of drug-likeness (QED) is 0.857. The van der Waals surface area contributed by atoms with Gasteiger partial charge in [0.25, 0.3) is 5.91 Å². The molecule has 0 unspecified atom stereocenters. The van der Waals surface area contributed by atoms with Gasteiger partial charge in [-0.1, -0.05) is 30.4 Å². The largest absolute Gasteiger partial charge is 0.393 e. The van der Waals surface area contributed by atoms with Gasteiger partial charge in [0.15, 0.2) is 0 Å². The number of carbonyl (C=O) groups is 1. The molecule has 0 bridgehead atoms. The van der Waals surface area contributed by atoms with E-state index in [2.05, 4.69) is 4.98 Å². The number of amides is 1. The lowest BCUT2D eigenvalue weighted by Gasteiger charge is -2.22. The number of thiocarbonyl (C=S) groups is 1. The third-order valence-electron chi connectivity index (χ3n) is 2.80. The fraction of sp³-hybridized carbons (Fsp3) is 0.133. The van der Waals surface area contributed by atoms with E-state index in [9.17, 15) is 4.79 Å². The van der Waals surface area contributed by atoms with Crippen molar-refractivity contribution in [3.63, 3.8) is 0 Å². The molecule has 0 aliphatic carbocycles. The third-order valence-corrected chi connectivity index (χ3v) is 3.01. The van der Waals surface area contributed by atoms with E-state index in [1.165, 1.54) is 0 Å². The molecule has 20 heavy (non-hydrogen) atoms. The number of hydrogen-bond acceptors (Lipinski definition) is 3. The highest BCUT2D eigenvalue weighted by molar-refractivity contribution is 7.80. The Hall–Kier alpha value is -2.27. The van der Waals surface area contributed by atoms with E-state index >= 15 is 0 Å². The first kappa shape index (κ1) is 14.1. The van der Waals surface area contributed by atoms with Crippen molar-refractivity contribution in [1.82, 2.24) is 4.98 Å². The average molecular weight is 285 g/mol. The standard InChI is InChI=1S/C15H15N3OS/c16-14(20)8-10-18(13-6-2-1-3-7-13)15(19)12-5-4-9-17-11-12/h1-7,9,11H,8,10H2,(H2,16,20). The Morgan fingerprint density at radius 3 is 2.55 bits per heavy atom. The summed E-state index contributed by atoms with van der Waals surface area (Å²) in [5.41, 5.74) is 6.90. The van der Waals surface area contributed by atoms with Crippen molar-refractivity contribution in [3.8, 4) is 0 Å². The van der Waals surface area contributed by atoms with E-state index in [-0.39, 0.29) is 5.91 Å². The monoisotopic (exact) mass is 285 g/mol. The molecule has 0 aliphatic rings. The number of rotatable bonds is 5. The molecular formula is C15H15N3OS. The summed E-state index contributed by atoms with van der Waals surface area (Å²) >= 11 is 4.89. The summed E-state index contributed by atoms with van der Waals surface area (Å²) in [5.74, 6) is -0.111. The molecule has 4 nitrogen and oxygen atoms in total. The Bertz CT molecular complexity index is 587. The minimum Gasteiger partial charge on any atom is -0.393 e. The maximum absolute atomic E-state index is 12.6. The Morgan fingerprint density at radius 1 is 1.20 bits per heavy atom. The summed E-state index contributed by atoms with van der Waals surface area (Å²) in [6.07, 6.45) is 3.67. The van der Waals surface area contributed by atoms with Crippen molar-refractivity contribution >= 4 is 28.8 Å². The van der Waals surface area contributed by atoms with Crippen LogP contribution in [0.5, 0.6) is 0 Å². The second-order valence-corrected chi connectivity index (χ2v) is 4.77. The van der Waals surface area contributed by atoms with Crippen LogP contribution >= 0.6 is 12.2 Å². The van der Waals surface area contributed by atoms with Gasteiger partial charge in [-0.2, -0.15) is 0 Å². The molecule has 0 radical (unpaired) electrons. The van der Waals surface area contributed by atoms with Gasteiger partial charge in [-0.15, -0.1) is 0 Å². The average Bonchev–Trinajstić information content (AvgIpc) is 2.49. The first-order valence-corrected chi connectivity index (χ1v) is 6.64. The van der Waals surface area contributed by atoms with Crippen LogP contribution in [0, 0.1) is 0 Å². The third kappa shape index (κ3) is 3.61. The Labute approximate surface area is 123 Å². The number of nitrogens with two attached hydrogens (primary N) is 1. The number of benzene rings is 1. The fourth-order valence-electron chi connectivity index (χ4n) is 1.82. The Morgan fingerprint density at radius 2 is 1.95 bits per heavy atom. The van der Waals surface area contributed by atoms with Gasteiger partial charge >= 0.3 is 0 Å². The number of aromatic nitrogens is 1. The Kier molecular flexibility index (Phi) is 4.79. The van der Waals surface area contributed by atoms with Gasteiger partial charge in [0, 0.05) is 31.0 Å². The maximum atomic E-state index is 12.6. The number of hydrogen-bond donors (Lipinski definition) is 1. The lowest BCUT2D eigenvalue weighted by Crippen LogP contribution is -2.33. The predicted octanol–water partition coefficient (Wildman–Crippen LogP) is 2.40. The minimum atomic E-state index is -0.111. The van der Waals surface area contributed by atoms with Crippen molar-refractivity contribution in [2.24, 2.45) is 5.73 Å². The SMILES string of the molecule is NC(=S)CCN(C(=O)c1cccnc1)c1ccccc1. The summed E-state index contributed by atoms with van der Waals surface area (Å²) in [6.45, 7) is 0.451. The van der Waals surface area contributed by atoms with Gasteiger partial charge in [0.2, 0.25) is 0 Å². The van der Waals surface area contributed by atoms with Gasteiger partial charge in [0.1, 0.15) is 0 Å². The number of carbonyl (C=O) groups excluding carboxylic acids is 1. The minimum absolute atomic E-state index is 0.111. The van der Waals surface area contributed by atoms with Crippen LogP contribution < -0.4 is 10.6 Å². The van der Waals surface area contributed by atoms with Gasteiger partial charge in [0.05, 0.1) is 10.6 Å². The predicted molar refractivity (Wildman–Crippen MR) is 83.8 cm³/mol. The zero-order chi connectivity index (χ0) is 14.4. The molecule has 5 heteroatoms. The van der Waals surface area contributed by atoms with Crippen LogP contribution in [-0.4, -0.2) is 22.4 Å². The summed E-state index contributed by atoms with van der Waals surface area (Å²) in [7, 11) is 0. The van der Waals surface area contributed by atoms with Crippen molar-refractivity contribution in [3.05, 3.63) is 60.4 Å². The van der Waals surface area contributed by atoms with Gasteiger partial charge < -0.3 is 10.6 Å². The molecule has 1 aromatic heterocycles. The van der Waals surface area contributed by atoms with Gasteiger partial charge in [-0.3, -0.25) is 9.78 Å². The molecule has 102 valence electrons. The fourth-order valence-corrected chi connectivity index (χ4v) is 1.91. The molecule has 0 saturated carbocycles. The summed E-state index contributed by atoms with van der Waals surface area (Å²) in [4.78, 5) is 18.6. The van der Waals surface area contributed by atoms with Gasteiger partial charge in [-0.25, -0.2) is 0 Å². The molecule has 1 amide bonds. The Balaban J connectivity index is 2.27. The van der Waals surface area contributed by atoms with Crippen molar-refractivity contribution in [2.45, 2.75) is 6.42 Å². The van der Waals surface area contributed by atoms with Crippen LogP contribution in [0.1, 0.15) is 16.8 Å². The van der Waals surface area contributed by atoms with E-state index in [0.29, 0.717) is 23.5 Å². The molecule has 0 spiro atoms. The topological polar surface area (TPSA) is 59.2 Å². The first-order chi connectivity index (χ1) is 9.68. The molecule has 2 aromatic rings. The van der Waals surface area contributed by atoms with Crippen LogP contribution in [0.4, 0.5) is 5.69 Å². The van der Waals surface area contributed by atoms with Crippen LogP contribution in [0.3, 0.4) is 0 Å². The molecule has 1 aromatic carbocycles. The molecule has 0 aliphatic heterocycles. The highest BCUT2D eigenvalue weighted by atomic mass is 32.1. The van der Waals surface area contributed by atoms with E-state index in [1.807, 2.05) is 30.3 Å². The van der Waals surface area contributed by atoms with Gasteiger partial charge in [-0.05, 0) is 24.3 Å². The summed E-state index contributed by atoms with van der Waals surface area (Å²) in [5, 5.41) is 0. The number of para-hydroxylation sites is 1. The second-order valence-electron chi connectivity index (χ2n) is 4.25. The molecular weight excluding hydrogens is 270 g/mol.